The Bertz CT molecular complexity index is 846. The summed E-state index contributed by atoms with van der Waals surface area (Å²) in [4.78, 5) is 17.3. The lowest BCUT2D eigenvalue weighted by molar-refractivity contribution is -0.0561. The van der Waals surface area contributed by atoms with Crippen LogP contribution in [0.1, 0.15) is 60.8 Å². The van der Waals surface area contributed by atoms with Crippen molar-refractivity contribution >= 4 is 17.0 Å². The van der Waals surface area contributed by atoms with Crippen LogP contribution in [0.25, 0.3) is 11.1 Å². The summed E-state index contributed by atoms with van der Waals surface area (Å²) in [6, 6.07) is 1.57. The maximum atomic E-state index is 13.7. The van der Waals surface area contributed by atoms with Gasteiger partial charge in [0.1, 0.15) is 0 Å². The minimum Gasteiger partial charge on any atom is -0.349 e. The van der Waals surface area contributed by atoms with Crippen LogP contribution in [0.3, 0.4) is 0 Å². The zero-order valence-electron chi connectivity index (χ0n) is 14.5. The first-order chi connectivity index (χ1) is 11.8. The SMILES string of the molecule is Cc1noc2nc(C(C)C)cc(C(=O)NC3CC4CC3CC4(F)F)c12. The lowest BCUT2D eigenvalue weighted by atomic mass is 9.92. The minimum absolute atomic E-state index is 0.127. The van der Waals surface area contributed by atoms with Crippen LogP contribution in [-0.2, 0) is 0 Å². The van der Waals surface area contributed by atoms with Gasteiger partial charge < -0.3 is 9.84 Å². The molecule has 0 aliphatic heterocycles. The zero-order valence-corrected chi connectivity index (χ0v) is 14.5. The summed E-state index contributed by atoms with van der Waals surface area (Å²) in [6.07, 6.45) is 0.711. The molecule has 2 bridgehead atoms. The molecule has 0 spiro atoms. The predicted octanol–water partition coefficient (Wildman–Crippen LogP) is 3.82. The summed E-state index contributed by atoms with van der Waals surface area (Å²) in [5.41, 5.74) is 2.14. The highest BCUT2D eigenvalue weighted by Crippen LogP contribution is 2.53. The third-order valence-corrected chi connectivity index (χ3v) is 5.62. The maximum Gasteiger partial charge on any atom is 0.259 e. The normalized spacial score (nSPS) is 27.4. The molecule has 2 fully saturated rings. The number of carbonyl (C=O) groups is 1. The molecule has 7 heteroatoms. The van der Waals surface area contributed by atoms with Crippen LogP contribution in [0.5, 0.6) is 0 Å². The van der Waals surface area contributed by atoms with E-state index in [9.17, 15) is 13.6 Å². The fourth-order valence-corrected chi connectivity index (χ4v) is 4.22. The van der Waals surface area contributed by atoms with Gasteiger partial charge in [-0.3, -0.25) is 4.79 Å². The van der Waals surface area contributed by atoms with E-state index in [4.69, 9.17) is 4.52 Å². The van der Waals surface area contributed by atoms with Crippen molar-refractivity contribution in [3.05, 3.63) is 23.0 Å². The number of fused-ring (bicyclic) bond motifs is 3. The van der Waals surface area contributed by atoms with Crippen LogP contribution in [0.4, 0.5) is 8.78 Å². The van der Waals surface area contributed by atoms with Crippen LogP contribution < -0.4 is 5.32 Å². The fourth-order valence-electron chi connectivity index (χ4n) is 4.22. The number of nitrogens with one attached hydrogen (secondary N) is 1. The summed E-state index contributed by atoms with van der Waals surface area (Å²) < 4.78 is 32.6. The summed E-state index contributed by atoms with van der Waals surface area (Å²) in [6.45, 7) is 5.73. The average molecular weight is 349 g/mol. The number of aromatic nitrogens is 2. The van der Waals surface area contributed by atoms with Crippen molar-refractivity contribution in [3.8, 4) is 0 Å². The molecule has 3 unspecified atom stereocenters. The molecule has 0 saturated heterocycles. The molecule has 2 saturated carbocycles. The number of rotatable bonds is 3. The number of hydrogen-bond donors (Lipinski definition) is 1. The Kier molecular flexibility index (Phi) is 3.60. The quantitative estimate of drug-likeness (QED) is 0.915. The highest BCUT2D eigenvalue weighted by atomic mass is 19.3. The summed E-state index contributed by atoms with van der Waals surface area (Å²) in [7, 11) is 0. The molecule has 2 heterocycles. The molecule has 2 aromatic heterocycles. The standard InChI is InChI=1S/C18H21F2N3O2/c1-8(2)13-6-12(15-9(3)23-25-17(15)22-13)16(24)21-14-5-11-4-10(14)7-18(11,19)20/h6,8,10-11,14H,4-5,7H2,1-3H3,(H,21,24). The van der Waals surface area contributed by atoms with Gasteiger partial charge in [-0.25, -0.2) is 13.8 Å². The first kappa shape index (κ1) is 16.4. The number of alkyl halides is 2. The Morgan fingerprint density at radius 2 is 2.16 bits per heavy atom. The molecule has 2 aromatic rings. The molecule has 1 amide bonds. The van der Waals surface area contributed by atoms with Gasteiger partial charge in [-0.15, -0.1) is 0 Å². The highest BCUT2D eigenvalue weighted by Gasteiger charge is 2.56. The molecular formula is C18H21F2N3O2. The lowest BCUT2D eigenvalue weighted by Crippen LogP contribution is -2.42. The number of carbonyl (C=O) groups excluding carboxylic acids is 1. The zero-order chi connectivity index (χ0) is 17.9. The van der Waals surface area contributed by atoms with Crippen molar-refractivity contribution in [2.75, 3.05) is 0 Å². The van der Waals surface area contributed by atoms with Crippen molar-refractivity contribution < 1.29 is 18.1 Å². The van der Waals surface area contributed by atoms with Gasteiger partial charge >= 0.3 is 0 Å². The molecule has 0 aromatic carbocycles. The van der Waals surface area contributed by atoms with Crippen LogP contribution in [-0.4, -0.2) is 28.0 Å². The summed E-state index contributed by atoms with van der Waals surface area (Å²) >= 11 is 0. The van der Waals surface area contributed by atoms with E-state index < -0.39 is 11.8 Å². The van der Waals surface area contributed by atoms with Gasteiger partial charge in [-0.1, -0.05) is 19.0 Å². The Morgan fingerprint density at radius 1 is 1.40 bits per heavy atom. The van der Waals surface area contributed by atoms with Gasteiger partial charge in [0, 0.05) is 24.1 Å². The van der Waals surface area contributed by atoms with E-state index in [1.807, 2.05) is 13.8 Å². The molecule has 25 heavy (non-hydrogen) atoms. The summed E-state index contributed by atoms with van der Waals surface area (Å²) in [5, 5.41) is 7.47. The third kappa shape index (κ3) is 2.60. The first-order valence-electron chi connectivity index (χ1n) is 8.72. The van der Waals surface area contributed by atoms with E-state index in [1.165, 1.54) is 0 Å². The molecule has 2 aliphatic rings. The monoisotopic (exact) mass is 349 g/mol. The van der Waals surface area contributed by atoms with Crippen LogP contribution in [0, 0.1) is 18.8 Å². The van der Waals surface area contributed by atoms with Gasteiger partial charge in [-0.2, -0.15) is 0 Å². The van der Waals surface area contributed by atoms with E-state index in [0.29, 0.717) is 35.2 Å². The lowest BCUT2D eigenvalue weighted by Gasteiger charge is -2.28. The highest BCUT2D eigenvalue weighted by molar-refractivity contribution is 6.06. The maximum absolute atomic E-state index is 13.7. The van der Waals surface area contributed by atoms with Crippen molar-refractivity contribution in [2.24, 2.45) is 11.8 Å². The third-order valence-electron chi connectivity index (χ3n) is 5.62. The molecule has 5 nitrogen and oxygen atoms in total. The Labute approximate surface area is 144 Å². The molecular weight excluding hydrogens is 328 g/mol. The van der Waals surface area contributed by atoms with E-state index >= 15 is 0 Å². The number of aryl methyl sites for hydroxylation is 1. The van der Waals surface area contributed by atoms with E-state index in [2.05, 4.69) is 15.5 Å². The number of halogens is 2. The van der Waals surface area contributed by atoms with Gasteiger partial charge in [0.05, 0.1) is 16.6 Å². The largest absolute Gasteiger partial charge is 0.349 e. The van der Waals surface area contributed by atoms with Crippen LogP contribution in [0.15, 0.2) is 10.6 Å². The molecule has 134 valence electrons. The topological polar surface area (TPSA) is 68.0 Å². The molecule has 2 aliphatic carbocycles. The Morgan fingerprint density at radius 3 is 2.76 bits per heavy atom. The van der Waals surface area contributed by atoms with Gasteiger partial charge in [0.15, 0.2) is 0 Å². The molecule has 4 rings (SSSR count). The first-order valence-corrected chi connectivity index (χ1v) is 8.72. The number of hydrogen-bond acceptors (Lipinski definition) is 4. The average Bonchev–Trinajstić information content (AvgIpc) is 3.18. The summed E-state index contributed by atoms with van der Waals surface area (Å²) in [5.74, 6) is -3.46. The predicted molar refractivity (Wildman–Crippen MR) is 87.7 cm³/mol. The number of pyridine rings is 1. The van der Waals surface area contributed by atoms with Crippen LogP contribution >= 0.6 is 0 Å². The second-order valence-corrected chi connectivity index (χ2v) is 7.67. The van der Waals surface area contributed by atoms with Crippen LogP contribution in [0.2, 0.25) is 0 Å². The number of nitrogens with zero attached hydrogens (tertiary/aromatic N) is 2. The van der Waals surface area contributed by atoms with Crippen molar-refractivity contribution in [3.63, 3.8) is 0 Å². The molecule has 3 atom stereocenters. The van der Waals surface area contributed by atoms with Gasteiger partial charge in [0.2, 0.25) is 0 Å². The van der Waals surface area contributed by atoms with Gasteiger partial charge in [0.25, 0.3) is 17.5 Å². The second-order valence-electron chi connectivity index (χ2n) is 7.67. The van der Waals surface area contributed by atoms with Crippen molar-refractivity contribution in [1.29, 1.82) is 0 Å². The number of amides is 1. The smallest absolute Gasteiger partial charge is 0.259 e. The molecule has 0 radical (unpaired) electrons. The van der Waals surface area contributed by atoms with Crippen molar-refractivity contribution in [1.82, 2.24) is 15.5 Å². The van der Waals surface area contributed by atoms with Crippen molar-refractivity contribution in [2.45, 2.75) is 57.9 Å². The van der Waals surface area contributed by atoms with E-state index in [-0.39, 0.29) is 30.2 Å². The van der Waals surface area contributed by atoms with E-state index in [1.54, 1.807) is 13.0 Å². The fraction of sp³-hybridized carbons (Fsp3) is 0.611. The van der Waals surface area contributed by atoms with E-state index in [0.717, 1.165) is 5.69 Å². The Hall–Kier alpha value is -2.05. The minimum atomic E-state index is -2.58. The molecule has 1 N–H and O–H groups in total. The van der Waals surface area contributed by atoms with Gasteiger partial charge in [-0.05, 0) is 37.7 Å². The Balaban J connectivity index is 1.63. The second kappa shape index (κ2) is 5.47.